The van der Waals surface area contributed by atoms with E-state index in [1.165, 1.54) is 18.1 Å². The standard InChI is InChI=1S/C28H35N3O8/c1-12(31-7-5-6-8-31)14-11-17(32)19-15(24(14)39-4)9-13-10-16-21(30(2)3)23(34)20(27(29)37)26(36)28(16,38)25(35)18(13)22(19)33/h11-13,16,21,32,34-35,38H,5-10H2,1-4H3,(H2,29,37)/t12-,13-,16-,21-,28-/m0/s1. The number of carbonyl (C=O) groups is 3. The van der Waals surface area contributed by atoms with Crippen LogP contribution < -0.4 is 10.5 Å². The zero-order chi connectivity index (χ0) is 28.5. The summed E-state index contributed by atoms with van der Waals surface area (Å²) in [5.41, 5.74) is 2.90. The van der Waals surface area contributed by atoms with Crippen molar-refractivity contribution in [2.45, 2.75) is 50.3 Å². The van der Waals surface area contributed by atoms with E-state index in [4.69, 9.17) is 10.5 Å². The zero-order valence-electron chi connectivity index (χ0n) is 22.5. The molecule has 0 radical (unpaired) electrons. The number of carbonyl (C=O) groups excluding carboxylic acids is 3. The minimum absolute atomic E-state index is 0.0293. The Bertz CT molecular complexity index is 1340. The fourth-order valence-electron chi connectivity index (χ4n) is 7.20. The summed E-state index contributed by atoms with van der Waals surface area (Å²) in [5, 5.41) is 45.1. The highest BCUT2D eigenvalue weighted by atomic mass is 16.5. The van der Waals surface area contributed by atoms with Gasteiger partial charge in [0.2, 0.25) is 5.78 Å². The van der Waals surface area contributed by atoms with E-state index in [2.05, 4.69) is 4.90 Å². The molecule has 5 atom stereocenters. The highest BCUT2D eigenvalue weighted by molar-refractivity contribution is 6.24. The number of allylic oxidation sites excluding steroid dienone is 1. The first-order chi connectivity index (χ1) is 18.4. The molecule has 6 N–H and O–H groups in total. The first-order valence-electron chi connectivity index (χ1n) is 13.2. The number of phenolic OH excluding ortho intramolecular Hbond substituents is 1. The molecule has 1 saturated heterocycles. The number of benzene rings is 1. The molecule has 0 unspecified atom stereocenters. The second kappa shape index (κ2) is 9.35. The lowest BCUT2D eigenvalue weighted by Crippen LogP contribution is -2.63. The molecule has 11 nitrogen and oxygen atoms in total. The third kappa shape index (κ3) is 3.70. The van der Waals surface area contributed by atoms with Crippen LogP contribution in [0.1, 0.15) is 53.7 Å². The van der Waals surface area contributed by atoms with Crippen LogP contribution in [-0.2, 0) is 16.0 Å². The van der Waals surface area contributed by atoms with Gasteiger partial charge in [0, 0.05) is 28.7 Å². The summed E-state index contributed by atoms with van der Waals surface area (Å²) in [4.78, 5) is 43.2. The summed E-state index contributed by atoms with van der Waals surface area (Å²) in [6, 6.07) is 0.405. The molecule has 5 rings (SSSR count). The monoisotopic (exact) mass is 541 g/mol. The maximum absolute atomic E-state index is 13.9. The predicted octanol–water partition coefficient (Wildman–Crippen LogP) is 1.29. The molecule has 1 fully saturated rings. The van der Waals surface area contributed by atoms with Gasteiger partial charge in [0.1, 0.15) is 28.6 Å². The number of aliphatic hydroxyl groups is 3. The second-order valence-corrected chi connectivity index (χ2v) is 11.3. The van der Waals surface area contributed by atoms with E-state index < -0.39 is 58.0 Å². The van der Waals surface area contributed by atoms with E-state index in [9.17, 15) is 34.8 Å². The molecule has 0 saturated carbocycles. The van der Waals surface area contributed by atoms with Gasteiger partial charge in [-0.1, -0.05) is 0 Å². The van der Waals surface area contributed by atoms with Crippen molar-refractivity contribution >= 4 is 17.5 Å². The van der Waals surface area contributed by atoms with Crippen molar-refractivity contribution < 1.29 is 39.5 Å². The summed E-state index contributed by atoms with van der Waals surface area (Å²) >= 11 is 0. The summed E-state index contributed by atoms with van der Waals surface area (Å²) < 4.78 is 5.82. The van der Waals surface area contributed by atoms with Crippen LogP contribution in [-0.4, -0.2) is 93.6 Å². The number of likely N-dealkylation sites (N-methyl/N-ethyl adjacent to an activating group) is 1. The van der Waals surface area contributed by atoms with Gasteiger partial charge in [-0.15, -0.1) is 0 Å². The molecule has 0 aromatic heterocycles. The lowest BCUT2D eigenvalue weighted by atomic mass is 9.58. The number of fused-ring (bicyclic) bond motifs is 3. The summed E-state index contributed by atoms with van der Waals surface area (Å²) in [6.07, 6.45) is 2.37. The Balaban J connectivity index is 1.68. The number of nitrogens with zero attached hydrogens (tertiary/aromatic N) is 2. The molecule has 39 heavy (non-hydrogen) atoms. The van der Waals surface area contributed by atoms with Gasteiger partial charge in [-0.25, -0.2) is 0 Å². The van der Waals surface area contributed by atoms with Gasteiger partial charge < -0.3 is 30.9 Å². The zero-order valence-corrected chi connectivity index (χ0v) is 22.5. The topological polar surface area (TPSA) is 174 Å². The van der Waals surface area contributed by atoms with Crippen LogP contribution in [0.15, 0.2) is 28.7 Å². The Morgan fingerprint density at radius 2 is 1.85 bits per heavy atom. The quantitative estimate of drug-likeness (QED) is 0.342. The van der Waals surface area contributed by atoms with Crippen molar-refractivity contribution in [3.8, 4) is 11.5 Å². The molecule has 0 bridgehead atoms. The van der Waals surface area contributed by atoms with Gasteiger partial charge >= 0.3 is 0 Å². The summed E-state index contributed by atoms with van der Waals surface area (Å²) in [5.74, 6) is -6.23. The molecule has 1 heterocycles. The van der Waals surface area contributed by atoms with E-state index in [1.54, 1.807) is 14.1 Å². The fourth-order valence-corrected chi connectivity index (χ4v) is 7.20. The van der Waals surface area contributed by atoms with Crippen molar-refractivity contribution in [1.82, 2.24) is 9.80 Å². The van der Waals surface area contributed by atoms with Crippen molar-refractivity contribution in [1.29, 1.82) is 0 Å². The molecule has 1 aromatic carbocycles. The maximum atomic E-state index is 13.9. The number of aromatic hydroxyl groups is 1. The minimum Gasteiger partial charge on any atom is -0.510 e. The number of ether oxygens (including phenoxy) is 1. The summed E-state index contributed by atoms with van der Waals surface area (Å²) in [6.45, 7) is 3.85. The van der Waals surface area contributed by atoms with E-state index in [0.717, 1.165) is 31.5 Å². The molecule has 1 aliphatic heterocycles. The van der Waals surface area contributed by atoms with Crippen molar-refractivity contribution in [2.24, 2.45) is 17.6 Å². The maximum Gasteiger partial charge on any atom is 0.255 e. The first-order valence-corrected chi connectivity index (χ1v) is 13.2. The highest BCUT2D eigenvalue weighted by Gasteiger charge is 2.63. The number of phenols is 1. The van der Waals surface area contributed by atoms with Crippen molar-refractivity contribution in [3.05, 3.63) is 45.4 Å². The van der Waals surface area contributed by atoms with Crippen molar-refractivity contribution in [3.63, 3.8) is 0 Å². The fraction of sp³-hybridized carbons (Fsp3) is 0.536. The van der Waals surface area contributed by atoms with Gasteiger partial charge in [0.05, 0.1) is 18.7 Å². The molecule has 1 amide bonds. The number of likely N-dealkylation sites (tertiary alicyclic amines) is 1. The lowest BCUT2D eigenvalue weighted by molar-refractivity contribution is -0.148. The summed E-state index contributed by atoms with van der Waals surface area (Å²) in [7, 11) is 4.71. The Hall–Kier alpha value is -3.41. The van der Waals surface area contributed by atoms with Crippen LogP contribution in [0.5, 0.6) is 11.5 Å². The molecule has 3 aliphatic carbocycles. The SMILES string of the molecule is COc1c([C@H](C)N2CCCC2)cc(O)c2c1C[C@H]1C[C@H]3[C@H](N(C)C)C(O)=C(C(N)=O)C(=O)[C@@]3(O)C(O)=C1C2=O. The van der Waals surface area contributed by atoms with Crippen LogP contribution >= 0.6 is 0 Å². The number of rotatable bonds is 5. The molecule has 0 spiro atoms. The Kier molecular flexibility index (Phi) is 6.52. The van der Waals surface area contributed by atoms with Crippen LogP contribution in [0.2, 0.25) is 0 Å². The van der Waals surface area contributed by atoms with Crippen LogP contribution in [0.25, 0.3) is 0 Å². The Labute approximate surface area is 226 Å². The molecule has 210 valence electrons. The predicted molar refractivity (Wildman–Crippen MR) is 139 cm³/mol. The highest BCUT2D eigenvalue weighted by Crippen LogP contribution is 2.54. The van der Waals surface area contributed by atoms with E-state index in [1.807, 2.05) is 6.92 Å². The number of hydrogen-bond acceptors (Lipinski definition) is 10. The number of aliphatic hydroxyl groups excluding tert-OH is 2. The van der Waals surface area contributed by atoms with Gasteiger partial charge in [-0.2, -0.15) is 0 Å². The first kappa shape index (κ1) is 27.2. The number of Topliss-reactive ketones (excluding diaryl/α,β-unsaturated/α-hetero) is 2. The third-order valence-electron chi connectivity index (χ3n) is 9.04. The molecule has 4 aliphatic rings. The number of methoxy groups -OCH3 is 1. The second-order valence-electron chi connectivity index (χ2n) is 11.3. The van der Waals surface area contributed by atoms with Crippen LogP contribution in [0.3, 0.4) is 0 Å². The molecular formula is C28H35N3O8. The van der Waals surface area contributed by atoms with E-state index in [0.29, 0.717) is 11.3 Å². The number of ketones is 2. The molecule has 1 aromatic rings. The van der Waals surface area contributed by atoms with Gasteiger partial charge in [-0.05, 0) is 71.8 Å². The number of nitrogens with two attached hydrogens (primary N) is 1. The minimum atomic E-state index is -2.66. The van der Waals surface area contributed by atoms with Crippen LogP contribution in [0.4, 0.5) is 0 Å². The average Bonchev–Trinajstić information content (AvgIpc) is 3.40. The normalized spacial score (nSPS) is 29.8. The largest absolute Gasteiger partial charge is 0.510 e. The van der Waals surface area contributed by atoms with E-state index >= 15 is 0 Å². The average molecular weight is 542 g/mol. The van der Waals surface area contributed by atoms with Crippen molar-refractivity contribution in [2.75, 3.05) is 34.3 Å². The van der Waals surface area contributed by atoms with Gasteiger partial charge in [0.15, 0.2) is 11.4 Å². The molecule has 11 heteroatoms. The van der Waals surface area contributed by atoms with Gasteiger partial charge in [0.25, 0.3) is 5.91 Å². The Morgan fingerprint density at radius 1 is 1.21 bits per heavy atom. The smallest absolute Gasteiger partial charge is 0.255 e. The number of hydrogen-bond donors (Lipinski definition) is 5. The van der Waals surface area contributed by atoms with Gasteiger partial charge in [-0.3, -0.25) is 24.2 Å². The number of amides is 1. The lowest BCUT2D eigenvalue weighted by Gasteiger charge is -2.50. The van der Waals surface area contributed by atoms with Crippen LogP contribution in [0, 0.1) is 11.8 Å². The molecular weight excluding hydrogens is 506 g/mol. The Morgan fingerprint density at radius 3 is 2.41 bits per heavy atom. The number of primary amides is 1. The third-order valence-corrected chi connectivity index (χ3v) is 9.04. The van der Waals surface area contributed by atoms with E-state index in [-0.39, 0.29) is 35.8 Å².